The highest BCUT2D eigenvalue weighted by Gasteiger charge is 2.03. The van der Waals surface area contributed by atoms with E-state index in [9.17, 15) is 5.21 Å². The van der Waals surface area contributed by atoms with E-state index in [1.165, 1.54) is 12.4 Å². The first kappa shape index (κ1) is 9.64. The van der Waals surface area contributed by atoms with E-state index in [0.717, 1.165) is 0 Å². The predicted octanol–water partition coefficient (Wildman–Crippen LogP) is 1.12. The molecule has 0 radical (unpaired) electrons. The third-order valence-corrected chi connectivity index (χ3v) is 1.42. The quantitative estimate of drug-likeness (QED) is 0.519. The molecule has 0 saturated carbocycles. The van der Waals surface area contributed by atoms with Crippen molar-refractivity contribution in [2.24, 2.45) is 0 Å². The first-order valence-corrected chi connectivity index (χ1v) is 4.25. The number of rotatable bonds is 4. The van der Waals surface area contributed by atoms with Gasteiger partial charge in [0, 0.05) is 6.07 Å². The Labute approximate surface area is 77.3 Å². The van der Waals surface area contributed by atoms with Gasteiger partial charge in [-0.2, -0.15) is 4.73 Å². The van der Waals surface area contributed by atoms with E-state index in [1.807, 2.05) is 13.8 Å². The fourth-order valence-corrected chi connectivity index (χ4v) is 0.994. The average Bonchev–Trinajstić information content (AvgIpc) is 2.04. The van der Waals surface area contributed by atoms with E-state index in [-0.39, 0.29) is 0 Å². The Kier molecular flexibility index (Phi) is 3.37. The lowest BCUT2D eigenvalue weighted by Crippen LogP contribution is -2.25. The molecule has 1 aromatic heterocycles. The van der Waals surface area contributed by atoms with Crippen LogP contribution in [-0.4, -0.2) is 13.2 Å². The van der Waals surface area contributed by atoms with Crippen LogP contribution in [0.2, 0.25) is 0 Å². The SMILES string of the molecule is CCOc1cc(OCC)c[n+]([O-])c1. The minimum absolute atomic E-state index is 0.531. The largest absolute Gasteiger partial charge is 0.619 e. The molecular weight excluding hydrogens is 170 g/mol. The molecule has 0 N–H and O–H groups in total. The zero-order valence-corrected chi connectivity index (χ0v) is 7.82. The lowest BCUT2D eigenvalue weighted by Gasteiger charge is -2.06. The third-order valence-electron chi connectivity index (χ3n) is 1.42. The summed E-state index contributed by atoms with van der Waals surface area (Å²) in [5.74, 6) is 1.06. The van der Waals surface area contributed by atoms with Crippen molar-refractivity contribution in [3.8, 4) is 11.5 Å². The van der Waals surface area contributed by atoms with Crippen LogP contribution in [0.15, 0.2) is 18.5 Å². The maximum Gasteiger partial charge on any atom is 0.222 e. The summed E-state index contributed by atoms with van der Waals surface area (Å²) in [5, 5.41) is 11.0. The van der Waals surface area contributed by atoms with Gasteiger partial charge in [0.15, 0.2) is 11.5 Å². The van der Waals surface area contributed by atoms with Gasteiger partial charge in [-0.05, 0) is 13.8 Å². The number of nitrogens with zero attached hydrogens (tertiary/aromatic N) is 1. The summed E-state index contributed by atoms with van der Waals surface area (Å²) in [6.07, 6.45) is 2.73. The number of hydrogen-bond acceptors (Lipinski definition) is 3. The molecule has 72 valence electrons. The fraction of sp³-hybridized carbons (Fsp3) is 0.444. The van der Waals surface area contributed by atoms with Crippen molar-refractivity contribution >= 4 is 0 Å². The molecule has 13 heavy (non-hydrogen) atoms. The Morgan fingerprint density at radius 3 is 2.00 bits per heavy atom. The molecule has 0 unspecified atom stereocenters. The van der Waals surface area contributed by atoms with Crippen LogP contribution >= 0.6 is 0 Å². The minimum Gasteiger partial charge on any atom is -0.619 e. The summed E-state index contributed by atoms with van der Waals surface area (Å²) in [4.78, 5) is 0. The molecule has 1 aromatic rings. The fourth-order valence-electron chi connectivity index (χ4n) is 0.994. The van der Waals surface area contributed by atoms with Crippen molar-refractivity contribution in [2.75, 3.05) is 13.2 Å². The maximum absolute atomic E-state index is 11.0. The highest BCUT2D eigenvalue weighted by Crippen LogP contribution is 2.15. The summed E-state index contributed by atoms with van der Waals surface area (Å²) in [6.45, 7) is 4.80. The van der Waals surface area contributed by atoms with E-state index < -0.39 is 0 Å². The molecule has 0 fully saturated rings. The van der Waals surface area contributed by atoms with Crippen molar-refractivity contribution in [1.29, 1.82) is 0 Å². The molecule has 1 rings (SSSR count). The van der Waals surface area contributed by atoms with Gasteiger partial charge in [0.05, 0.1) is 13.2 Å². The van der Waals surface area contributed by atoms with Crippen LogP contribution in [0.25, 0.3) is 0 Å². The van der Waals surface area contributed by atoms with Gasteiger partial charge < -0.3 is 14.7 Å². The molecule has 0 saturated heterocycles. The van der Waals surface area contributed by atoms with Gasteiger partial charge in [-0.15, -0.1) is 0 Å². The number of ether oxygens (including phenoxy) is 2. The third kappa shape index (κ3) is 2.82. The molecule has 0 aromatic carbocycles. The Morgan fingerprint density at radius 2 is 1.62 bits per heavy atom. The highest BCUT2D eigenvalue weighted by atomic mass is 16.5. The maximum atomic E-state index is 11.0. The standard InChI is InChI=1S/C9H13NO3/c1-3-12-8-5-9(13-4-2)7-10(11)6-8/h5-7H,3-4H2,1-2H3. The van der Waals surface area contributed by atoms with Crippen LogP contribution < -0.4 is 14.2 Å². The molecule has 0 aliphatic rings. The second-order valence-corrected chi connectivity index (χ2v) is 2.43. The van der Waals surface area contributed by atoms with E-state index in [0.29, 0.717) is 29.4 Å². The van der Waals surface area contributed by atoms with Gasteiger partial charge in [0.2, 0.25) is 12.4 Å². The second-order valence-electron chi connectivity index (χ2n) is 2.43. The summed E-state index contributed by atoms with van der Waals surface area (Å²) in [7, 11) is 0. The van der Waals surface area contributed by atoms with E-state index >= 15 is 0 Å². The molecule has 4 nitrogen and oxygen atoms in total. The van der Waals surface area contributed by atoms with Gasteiger partial charge in [0.25, 0.3) is 0 Å². The molecule has 0 atom stereocenters. The van der Waals surface area contributed by atoms with Gasteiger partial charge in [0.1, 0.15) is 0 Å². The number of aromatic nitrogens is 1. The molecule has 4 heteroatoms. The smallest absolute Gasteiger partial charge is 0.222 e. The monoisotopic (exact) mass is 183 g/mol. The molecule has 0 spiro atoms. The first-order chi connectivity index (χ1) is 6.26. The van der Waals surface area contributed by atoms with Crippen LogP contribution in [0.5, 0.6) is 11.5 Å². The zero-order valence-electron chi connectivity index (χ0n) is 7.82. The van der Waals surface area contributed by atoms with Gasteiger partial charge >= 0.3 is 0 Å². The van der Waals surface area contributed by atoms with Crippen LogP contribution in [0.1, 0.15) is 13.8 Å². The topological polar surface area (TPSA) is 45.4 Å². The Hall–Kier alpha value is -1.45. The molecule has 0 amide bonds. The summed E-state index contributed by atoms with van der Waals surface area (Å²) >= 11 is 0. The lowest BCUT2D eigenvalue weighted by atomic mass is 10.4. The van der Waals surface area contributed by atoms with Crippen LogP contribution in [0.4, 0.5) is 0 Å². The molecule has 0 aliphatic heterocycles. The second kappa shape index (κ2) is 4.54. The number of hydrogen-bond donors (Lipinski definition) is 0. The zero-order chi connectivity index (χ0) is 9.68. The van der Waals surface area contributed by atoms with Crippen LogP contribution in [0.3, 0.4) is 0 Å². The normalized spacial score (nSPS) is 9.69. The van der Waals surface area contributed by atoms with Crippen molar-refractivity contribution in [2.45, 2.75) is 13.8 Å². The van der Waals surface area contributed by atoms with Gasteiger partial charge in [-0.3, -0.25) is 0 Å². The first-order valence-electron chi connectivity index (χ1n) is 4.25. The van der Waals surface area contributed by atoms with Gasteiger partial charge in [-0.1, -0.05) is 0 Å². The molecule has 1 heterocycles. The average molecular weight is 183 g/mol. The Bertz CT molecular complexity index is 251. The van der Waals surface area contributed by atoms with E-state index in [1.54, 1.807) is 6.07 Å². The van der Waals surface area contributed by atoms with Crippen molar-refractivity contribution in [3.63, 3.8) is 0 Å². The summed E-state index contributed by atoms with van der Waals surface area (Å²) in [6, 6.07) is 1.70. The van der Waals surface area contributed by atoms with Crippen molar-refractivity contribution < 1.29 is 14.2 Å². The number of pyridine rings is 1. The molecular formula is C9H13NO3. The summed E-state index contributed by atoms with van der Waals surface area (Å²) < 4.78 is 11.0. The van der Waals surface area contributed by atoms with E-state index in [2.05, 4.69) is 0 Å². The highest BCUT2D eigenvalue weighted by molar-refractivity contribution is 5.25. The van der Waals surface area contributed by atoms with Gasteiger partial charge in [-0.25, -0.2) is 0 Å². The van der Waals surface area contributed by atoms with Crippen LogP contribution in [0, 0.1) is 5.21 Å². The van der Waals surface area contributed by atoms with Crippen molar-refractivity contribution in [1.82, 2.24) is 0 Å². The Balaban J connectivity index is 2.83. The molecule has 0 bridgehead atoms. The Morgan fingerprint density at radius 1 is 1.15 bits per heavy atom. The molecule has 0 aliphatic carbocycles. The summed E-state index contributed by atoms with van der Waals surface area (Å²) in [5.41, 5.74) is 0. The lowest BCUT2D eigenvalue weighted by molar-refractivity contribution is -0.606. The van der Waals surface area contributed by atoms with E-state index in [4.69, 9.17) is 9.47 Å². The van der Waals surface area contributed by atoms with Crippen molar-refractivity contribution in [3.05, 3.63) is 23.7 Å². The van der Waals surface area contributed by atoms with Crippen LogP contribution in [-0.2, 0) is 0 Å². The predicted molar refractivity (Wildman–Crippen MR) is 47.7 cm³/mol. The minimum atomic E-state index is 0.531.